The van der Waals surface area contributed by atoms with Crippen LogP contribution < -0.4 is 10.1 Å². The van der Waals surface area contributed by atoms with Gasteiger partial charge in [-0.05, 0) is 18.9 Å². The highest BCUT2D eigenvalue weighted by molar-refractivity contribution is 5.45. The summed E-state index contributed by atoms with van der Waals surface area (Å²) < 4.78 is 11.0. The minimum absolute atomic E-state index is 0.0154. The molecule has 0 amide bonds. The van der Waals surface area contributed by atoms with Crippen LogP contribution in [0.5, 0.6) is 5.75 Å². The van der Waals surface area contributed by atoms with Crippen LogP contribution in [-0.2, 0) is 4.74 Å². The molecule has 0 aliphatic carbocycles. The fourth-order valence-corrected chi connectivity index (χ4v) is 2.12. The fraction of sp³-hybridized carbons (Fsp3) is 0.538. The Labute approximate surface area is 111 Å². The summed E-state index contributed by atoms with van der Waals surface area (Å²) in [7, 11) is 0. The van der Waals surface area contributed by atoms with E-state index in [1.54, 1.807) is 18.2 Å². The largest absolute Gasteiger partial charge is 0.481 e. The molecule has 0 unspecified atom stereocenters. The van der Waals surface area contributed by atoms with Crippen molar-refractivity contribution in [2.45, 2.75) is 18.9 Å². The highest BCUT2D eigenvalue weighted by atomic mass is 16.6. The van der Waals surface area contributed by atoms with Gasteiger partial charge in [-0.2, -0.15) is 0 Å². The molecule has 1 aromatic rings. The van der Waals surface area contributed by atoms with Crippen molar-refractivity contribution in [2.24, 2.45) is 0 Å². The van der Waals surface area contributed by atoms with Crippen molar-refractivity contribution in [1.82, 2.24) is 0 Å². The molecule has 1 aromatic carbocycles. The van der Waals surface area contributed by atoms with Gasteiger partial charge in [-0.1, -0.05) is 12.1 Å². The molecule has 19 heavy (non-hydrogen) atoms. The number of nitro benzene ring substituents is 1. The average molecular weight is 267 g/mol. The van der Waals surface area contributed by atoms with E-state index in [2.05, 4.69) is 5.32 Å². The molecule has 1 heterocycles. The normalized spacial score (nSPS) is 18.4. The van der Waals surface area contributed by atoms with E-state index in [0.717, 1.165) is 32.5 Å². The number of nitrogens with zero attached hydrogens (tertiary/aromatic N) is 1. The maximum absolute atomic E-state index is 10.8. The summed E-state index contributed by atoms with van der Waals surface area (Å²) in [5.74, 6) is 0.331. The standard InChI is InChI=1S/C13H18N2O4/c16-15(17)12-5-1-2-6-13(12)19-9-7-14-10-11-4-3-8-18-11/h1-2,5-6,11,14H,3-4,7-10H2/p+1/t11-/m0/s1. The molecule has 0 spiro atoms. The van der Waals surface area contributed by atoms with Crippen molar-refractivity contribution < 1.29 is 19.7 Å². The second kappa shape index (κ2) is 7.06. The van der Waals surface area contributed by atoms with Gasteiger partial charge in [0.1, 0.15) is 25.8 Å². The summed E-state index contributed by atoms with van der Waals surface area (Å²) in [5, 5.41) is 12.9. The molecule has 0 aromatic heterocycles. The summed E-state index contributed by atoms with van der Waals surface area (Å²) >= 11 is 0. The first-order chi connectivity index (χ1) is 9.27. The first-order valence-corrected chi connectivity index (χ1v) is 6.57. The molecule has 104 valence electrons. The van der Waals surface area contributed by atoms with Gasteiger partial charge < -0.3 is 14.8 Å². The lowest BCUT2D eigenvalue weighted by Gasteiger charge is -2.09. The zero-order valence-corrected chi connectivity index (χ0v) is 10.8. The summed E-state index contributed by atoms with van der Waals surface area (Å²) in [6, 6.07) is 6.44. The quantitative estimate of drug-likeness (QED) is 0.448. The summed E-state index contributed by atoms with van der Waals surface area (Å²) in [6.07, 6.45) is 2.62. The topological polar surface area (TPSA) is 78.2 Å². The smallest absolute Gasteiger partial charge is 0.310 e. The first kappa shape index (κ1) is 13.8. The Hall–Kier alpha value is -1.66. The van der Waals surface area contributed by atoms with Crippen LogP contribution in [0, 0.1) is 10.1 Å². The number of ether oxygens (including phenoxy) is 2. The summed E-state index contributed by atoms with van der Waals surface area (Å²) in [5.41, 5.74) is 0.0154. The Kier molecular flexibility index (Phi) is 5.11. The summed E-state index contributed by atoms with van der Waals surface area (Å²) in [6.45, 7) is 3.02. The van der Waals surface area contributed by atoms with Crippen LogP contribution in [0.25, 0.3) is 0 Å². The van der Waals surface area contributed by atoms with Crippen molar-refractivity contribution in [3.8, 4) is 5.75 Å². The average Bonchev–Trinajstić information content (AvgIpc) is 2.92. The maximum Gasteiger partial charge on any atom is 0.310 e. The van der Waals surface area contributed by atoms with Gasteiger partial charge in [0.25, 0.3) is 0 Å². The van der Waals surface area contributed by atoms with E-state index in [4.69, 9.17) is 9.47 Å². The van der Waals surface area contributed by atoms with Gasteiger partial charge in [-0.15, -0.1) is 0 Å². The van der Waals surface area contributed by atoms with Gasteiger partial charge in [-0.25, -0.2) is 0 Å². The Morgan fingerprint density at radius 2 is 2.32 bits per heavy atom. The molecule has 0 radical (unpaired) electrons. The number of hydrogen-bond donors (Lipinski definition) is 1. The van der Waals surface area contributed by atoms with Gasteiger partial charge in [-0.3, -0.25) is 10.1 Å². The van der Waals surface area contributed by atoms with E-state index in [9.17, 15) is 10.1 Å². The zero-order valence-electron chi connectivity index (χ0n) is 10.8. The molecule has 2 rings (SSSR count). The number of hydrogen-bond acceptors (Lipinski definition) is 4. The SMILES string of the molecule is O=[N+]([O-])c1ccccc1OCC[NH2+]C[C@@H]1CCCO1. The van der Waals surface area contributed by atoms with Crippen LogP contribution >= 0.6 is 0 Å². The van der Waals surface area contributed by atoms with E-state index < -0.39 is 4.92 Å². The number of nitro groups is 1. The lowest BCUT2D eigenvalue weighted by atomic mass is 10.2. The molecule has 1 aliphatic heterocycles. The molecular weight excluding hydrogens is 248 g/mol. The van der Waals surface area contributed by atoms with Crippen molar-refractivity contribution in [2.75, 3.05) is 26.3 Å². The molecule has 1 aliphatic rings. The van der Waals surface area contributed by atoms with E-state index in [0.29, 0.717) is 18.5 Å². The Bertz CT molecular complexity index is 419. The Balaban J connectivity index is 1.69. The van der Waals surface area contributed by atoms with Gasteiger partial charge in [0.15, 0.2) is 5.75 Å². The second-order valence-corrected chi connectivity index (χ2v) is 4.52. The van der Waals surface area contributed by atoms with Crippen molar-refractivity contribution >= 4 is 5.69 Å². The fourth-order valence-electron chi connectivity index (χ4n) is 2.12. The molecule has 6 nitrogen and oxygen atoms in total. The number of rotatable bonds is 7. The van der Waals surface area contributed by atoms with Crippen LogP contribution in [0.15, 0.2) is 24.3 Å². The molecule has 0 bridgehead atoms. The number of benzene rings is 1. The lowest BCUT2D eigenvalue weighted by molar-refractivity contribution is -0.661. The maximum atomic E-state index is 10.8. The van der Waals surface area contributed by atoms with Gasteiger partial charge in [0, 0.05) is 12.7 Å². The van der Waals surface area contributed by atoms with Gasteiger partial charge >= 0.3 is 5.69 Å². The van der Waals surface area contributed by atoms with Crippen LogP contribution in [0.4, 0.5) is 5.69 Å². The third kappa shape index (κ3) is 4.18. The van der Waals surface area contributed by atoms with Crippen LogP contribution in [0.3, 0.4) is 0 Å². The monoisotopic (exact) mass is 267 g/mol. The number of nitrogens with two attached hydrogens (primary N) is 1. The van der Waals surface area contributed by atoms with Crippen LogP contribution in [-0.4, -0.2) is 37.3 Å². The molecule has 1 saturated heterocycles. The van der Waals surface area contributed by atoms with Crippen LogP contribution in [0.1, 0.15) is 12.8 Å². The first-order valence-electron chi connectivity index (χ1n) is 6.57. The number of quaternary nitrogens is 1. The predicted octanol–water partition coefficient (Wildman–Crippen LogP) is 0.716. The third-order valence-electron chi connectivity index (χ3n) is 3.10. The molecule has 2 N–H and O–H groups in total. The van der Waals surface area contributed by atoms with Crippen molar-refractivity contribution in [3.05, 3.63) is 34.4 Å². The predicted molar refractivity (Wildman–Crippen MR) is 69.2 cm³/mol. The van der Waals surface area contributed by atoms with E-state index in [1.165, 1.54) is 6.07 Å². The molecule has 0 saturated carbocycles. The number of para-hydroxylation sites is 2. The Morgan fingerprint density at radius 3 is 3.05 bits per heavy atom. The second-order valence-electron chi connectivity index (χ2n) is 4.52. The molecule has 1 fully saturated rings. The highest BCUT2D eigenvalue weighted by Crippen LogP contribution is 2.25. The lowest BCUT2D eigenvalue weighted by Crippen LogP contribution is -2.87. The van der Waals surface area contributed by atoms with E-state index in [1.807, 2.05) is 0 Å². The minimum atomic E-state index is -0.425. The Morgan fingerprint density at radius 1 is 1.47 bits per heavy atom. The van der Waals surface area contributed by atoms with E-state index in [-0.39, 0.29) is 5.69 Å². The van der Waals surface area contributed by atoms with Crippen LogP contribution in [0.2, 0.25) is 0 Å². The van der Waals surface area contributed by atoms with E-state index >= 15 is 0 Å². The molecule has 6 heteroatoms. The summed E-state index contributed by atoms with van der Waals surface area (Å²) in [4.78, 5) is 10.4. The zero-order chi connectivity index (χ0) is 13.5. The molecule has 1 atom stereocenters. The third-order valence-corrected chi connectivity index (χ3v) is 3.10. The van der Waals surface area contributed by atoms with Crippen molar-refractivity contribution in [1.29, 1.82) is 0 Å². The molecular formula is C13H19N2O4+. The minimum Gasteiger partial charge on any atom is -0.481 e. The van der Waals surface area contributed by atoms with Crippen molar-refractivity contribution in [3.63, 3.8) is 0 Å². The van der Waals surface area contributed by atoms with Gasteiger partial charge in [0.05, 0.1) is 4.92 Å². The highest BCUT2D eigenvalue weighted by Gasteiger charge is 2.17. The van der Waals surface area contributed by atoms with Gasteiger partial charge in [0.2, 0.25) is 0 Å².